The molecule has 83 heavy (non-hydrogen) atoms. The maximum atomic E-state index is 12.8. The first-order valence-corrected chi connectivity index (χ1v) is 38.0. The fraction of sp³-hybridized carbons (Fsp3) is 0.890. The van der Waals surface area contributed by atoms with Crippen molar-refractivity contribution in [1.82, 2.24) is 0 Å². The van der Waals surface area contributed by atoms with Crippen LogP contribution < -0.4 is 5.73 Å². The van der Waals surface area contributed by atoms with Crippen LogP contribution in [0.15, 0.2) is 36.5 Å². The van der Waals surface area contributed by atoms with Crippen molar-refractivity contribution in [3.63, 3.8) is 0 Å². The fourth-order valence-corrected chi connectivity index (χ4v) is 11.8. The Kier molecular flexibility index (Phi) is 67.9. The minimum absolute atomic E-state index is 0.0557. The fourth-order valence-electron chi connectivity index (χ4n) is 11.1. The van der Waals surface area contributed by atoms with Crippen LogP contribution in [0.25, 0.3) is 0 Å². The molecule has 490 valence electrons. The zero-order valence-electron chi connectivity index (χ0n) is 55.2. The summed E-state index contributed by atoms with van der Waals surface area (Å²) in [6.07, 6.45) is 86.9. The molecule has 0 aromatic rings. The van der Waals surface area contributed by atoms with E-state index < -0.39 is 26.5 Å². The van der Waals surface area contributed by atoms with E-state index in [0.717, 1.165) is 38.5 Å². The van der Waals surface area contributed by atoms with Crippen molar-refractivity contribution in [2.45, 2.75) is 392 Å². The summed E-state index contributed by atoms with van der Waals surface area (Å²) in [5, 5.41) is 0. The van der Waals surface area contributed by atoms with Gasteiger partial charge in [0, 0.05) is 19.4 Å². The van der Waals surface area contributed by atoms with Gasteiger partial charge < -0.3 is 20.1 Å². The molecule has 0 aliphatic rings. The first-order chi connectivity index (χ1) is 40.8. The van der Waals surface area contributed by atoms with Gasteiger partial charge in [0.15, 0.2) is 6.10 Å². The molecule has 10 heteroatoms. The molecule has 0 rings (SSSR count). The van der Waals surface area contributed by atoms with Gasteiger partial charge in [-0.25, -0.2) is 4.57 Å². The van der Waals surface area contributed by atoms with Gasteiger partial charge in [-0.15, -0.1) is 0 Å². The van der Waals surface area contributed by atoms with E-state index in [2.05, 4.69) is 50.3 Å². The summed E-state index contributed by atoms with van der Waals surface area (Å²) in [6, 6.07) is 0. The number of phosphoric ester groups is 1. The molecule has 9 nitrogen and oxygen atoms in total. The molecular weight excluding hydrogens is 1050 g/mol. The van der Waals surface area contributed by atoms with Crippen molar-refractivity contribution in [3.8, 4) is 0 Å². The van der Waals surface area contributed by atoms with Crippen LogP contribution in [0, 0.1) is 0 Å². The standard InChI is InChI=1S/C73H140NO8P/c1-3-5-7-9-11-13-15-17-19-21-23-25-27-29-31-32-33-34-35-36-37-38-40-41-43-45-47-49-51-53-55-57-59-61-63-65-72(75)79-69-71(70-81-83(77,78)80-68-67-74)82-73(76)66-64-62-60-58-56-54-52-50-48-46-44-42-39-30-28-26-24-22-20-18-16-14-12-10-8-6-4-2/h16,18,21-24,71H,3-15,17,19-20,25-70,74H2,1-2H3,(H,77,78)/b18-16-,23-21-,24-22-. The topological polar surface area (TPSA) is 134 Å². The van der Waals surface area contributed by atoms with Crippen LogP contribution in [-0.2, 0) is 32.7 Å². The SMILES string of the molecule is CCCCCCC/C=C\C/C=C\CCCCCCCCCCCCCCCCCC(=O)OC(COC(=O)CCCCCCCCCCCCCCCCCCCCCCCCC/C=C\CCCCCCCCCC)COP(=O)(O)OCCN. The maximum absolute atomic E-state index is 12.8. The Balaban J connectivity index is 3.79. The molecule has 2 atom stereocenters. The highest BCUT2D eigenvalue weighted by molar-refractivity contribution is 7.47. The van der Waals surface area contributed by atoms with Crippen molar-refractivity contribution in [2.24, 2.45) is 5.73 Å². The molecule has 0 spiro atoms. The molecule has 2 unspecified atom stereocenters. The number of carbonyl (C=O) groups excluding carboxylic acids is 2. The van der Waals surface area contributed by atoms with Gasteiger partial charge in [0.2, 0.25) is 0 Å². The second kappa shape index (κ2) is 69.3. The van der Waals surface area contributed by atoms with Gasteiger partial charge in [-0.2, -0.15) is 0 Å². The quantitative estimate of drug-likeness (QED) is 0.0264. The van der Waals surface area contributed by atoms with Crippen LogP contribution in [0.2, 0.25) is 0 Å². The number of carbonyl (C=O) groups is 2. The van der Waals surface area contributed by atoms with Crippen molar-refractivity contribution in [1.29, 1.82) is 0 Å². The van der Waals surface area contributed by atoms with E-state index in [9.17, 15) is 19.0 Å². The first kappa shape index (κ1) is 81.2. The van der Waals surface area contributed by atoms with Gasteiger partial charge in [0.05, 0.1) is 13.2 Å². The zero-order chi connectivity index (χ0) is 60.1. The Bertz CT molecular complexity index is 1450. The first-order valence-electron chi connectivity index (χ1n) is 36.5. The molecule has 0 aliphatic carbocycles. The predicted octanol–water partition coefficient (Wildman–Crippen LogP) is 23.9. The molecule has 0 bridgehead atoms. The predicted molar refractivity (Wildman–Crippen MR) is 358 cm³/mol. The summed E-state index contributed by atoms with van der Waals surface area (Å²) >= 11 is 0. The molecule has 0 aliphatic heterocycles. The molecule has 0 aromatic heterocycles. The molecule has 3 N–H and O–H groups in total. The summed E-state index contributed by atoms with van der Waals surface area (Å²) in [7, 11) is -4.39. The molecule has 0 fully saturated rings. The molecule has 0 radical (unpaired) electrons. The van der Waals surface area contributed by atoms with Crippen molar-refractivity contribution >= 4 is 19.8 Å². The third kappa shape index (κ3) is 69.2. The lowest BCUT2D eigenvalue weighted by Gasteiger charge is -2.19. The summed E-state index contributed by atoms with van der Waals surface area (Å²) in [4.78, 5) is 35.4. The number of allylic oxidation sites excluding steroid dienone is 6. The van der Waals surface area contributed by atoms with Crippen LogP contribution in [-0.4, -0.2) is 49.3 Å². The van der Waals surface area contributed by atoms with Crippen LogP contribution in [0.4, 0.5) is 0 Å². The van der Waals surface area contributed by atoms with Gasteiger partial charge in [-0.3, -0.25) is 18.6 Å². The van der Waals surface area contributed by atoms with E-state index in [-0.39, 0.29) is 38.6 Å². The summed E-state index contributed by atoms with van der Waals surface area (Å²) in [6.45, 7) is 3.81. The third-order valence-electron chi connectivity index (χ3n) is 16.5. The van der Waals surface area contributed by atoms with Crippen LogP contribution in [0.1, 0.15) is 386 Å². The Hall–Kier alpha value is -1.77. The number of hydrogen-bond acceptors (Lipinski definition) is 8. The number of rotatable bonds is 70. The molecule has 0 saturated heterocycles. The van der Waals surface area contributed by atoms with Crippen LogP contribution in [0.3, 0.4) is 0 Å². The second-order valence-corrected chi connectivity index (χ2v) is 26.3. The minimum Gasteiger partial charge on any atom is -0.462 e. The lowest BCUT2D eigenvalue weighted by molar-refractivity contribution is -0.161. The van der Waals surface area contributed by atoms with E-state index in [1.807, 2.05) is 0 Å². The zero-order valence-corrected chi connectivity index (χ0v) is 56.1. The van der Waals surface area contributed by atoms with Crippen molar-refractivity contribution in [3.05, 3.63) is 36.5 Å². The maximum Gasteiger partial charge on any atom is 0.472 e. The lowest BCUT2D eigenvalue weighted by Crippen LogP contribution is -2.29. The summed E-state index contributed by atoms with van der Waals surface area (Å²) in [5.41, 5.74) is 5.41. The average Bonchev–Trinajstić information content (AvgIpc) is 3.48. The molecule has 0 aromatic carbocycles. The smallest absolute Gasteiger partial charge is 0.462 e. The lowest BCUT2D eigenvalue weighted by atomic mass is 10.0. The number of phosphoric acid groups is 1. The molecule has 0 amide bonds. The highest BCUT2D eigenvalue weighted by Gasteiger charge is 2.26. The van der Waals surface area contributed by atoms with Gasteiger partial charge in [0.25, 0.3) is 0 Å². The number of nitrogens with two attached hydrogens (primary N) is 1. The Labute approximate surface area is 515 Å². The highest BCUT2D eigenvalue weighted by Crippen LogP contribution is 2.43. The number of esters is 2. The average molecular weight is 1190 g/mol. The third-order valence-corrected chi connectivity index (χ3v) is 17.5. The van der Waals surface area contributed by atoms with Gasteiger partial charge in [-0.1, -0.05) is 339 Å². The Morgan fingerprint density at radius 2 is 0.627 bits per heavy atom. The monoisotopic (exact) mass is 1190 g/mol. The Morgan fingerprint density at radius 3 is 0.928 bits per heavy atom. The van der Waals surface area contributed by atoms with E-state index in [0.29, 0.717) is 6.42 Å². The normalized spacial score (nSPS) is 13.1. The molecule has 0 heterocycles. The van der Waals surface area contributed by atoms with Crippen molar-refractivity contribution < 1.29 is 37.6 Å². The molecular formula is C73H140NO8P. The number of hydrogen-bond donors (Lipinski definition) is 2. The minimum atomic E-state index is -4.39. The van der Waals surface area contributed by atoms with E-state index in [1.165, 1.54) is 315 Å². The number of ether oxygens (including phenoxy) is 2. The van der Waals surface area contributed by atoms with Crippen molar-refractivity contribution in [2.75, 3.05) is 26.4 Å². The second-order valence-electron chi connectivity index (χ2n) is 24.8. The summed E-state index contributed by atoms with van der Waals surface area (Å²) < 4.78 is 33.2. The highest BCUT2D eigenvalue weighted by atomic mass is 31.2. The Morgan fingerprint density at radius 1 is 0.361 bits per heavy atom. The van der Waals surface area contributed by atoms with E-state index in [4.69, 9.17) is 24.3 Å². The van der Waals surface area contributed by atoms with Gasteiger partial charge in [0.1, 0.15) is 6.61 Å². The molecule has 0 saturated carbocycles. The largest absolute Gasteiger partial charge is 0.472 e. The number of unbranched alkanes of at least 4 members (excludes halogenated alkanes) is 51. The summed E-state index contributed by atoms with van der Waals surface area (Å²) in [5.74, 6) is -0.805. The van der Waals surface area contributed by atoms with Gasteiger partial charge in [-0.05, 0) is 70.6 Å². The van der Waals surface area contributed by atoms with Gasteiger partial charge >= 0.3 is 19.8 Å². The van der Waals surface area contributed by atoms with Crippen LogP contribution >= 0.6 is 7.82 Å². The van der Waals surface area contributed by atoms with Crippen LogP contribution in [0.5, 0.6) is 0 Å². The van der Waals surface area contributed by atoms with E-state index >= 15 is 0 Å². The van der Waals surface area contributed by atoms with E-state index in [1.54, 1.807) is 0 Å².